The van der Waals surface area contributed by atoms with Gasteiger partial charge in [0.05, 0.1) is 12.8 Å². The number of hydrogen-bond donors (Lipinski definition) is 2. The Morgan fingerprint density at radius 1 is 1.00 bits per heavy atom. The van der Waals surface area contributed by atoms with Crippen molar-refractivity contribution in [2.75, 3.05) is 24.4 Å². The number of thiazole rings is 1. The molecule has 0 radical (unpaired) electrons. The third kappa shape index (κ3) is 5.73. The van der Waals surface area contributed by atoms with Gasteiger partial charge in [0.1, 0.15) is 11.5 Å². The molecule has 0 saturated carbocycles. The molecule has 34 heavy (non-hydrogen) atoms. The van der Waals surface area contributed by atoms with E-state index in [4.69, 9.17) is 9.47 Å². The number of halogens is 1. The minimum absolute atomic E-state index is 0.288. The molecule has 2 N–H and O–H groups in total. The Labute approximate surface area is 198 Å². The SMILES string of the molecule is COc1cc(C(=O)Nc2nc(-c3ccccn3)cs2)ccc1OCC(=O)Nc1ccc(F)cc1. The van der Waals surface area contributed by atoms with Crippen LogP contribution in [0.15, 0.2) is 72.2 Å². The van der Waals surface area contributed by atoms with Crippen molar-refractivity contribution in [3.05, 3.63) is 83.6 Å². The summed E-state index contributed by atoms with van der Waals surface area (Å²) >= 11 is 1.29. The van der Waals surface area contributed by atoms with Gasteiger partial charge in [-0.15, -0.1) is 11.3 Å². The number of amides is 2. The first-order chi connectivity index (χ1) is 16.5. The molecule has 0 bridgehead atoms. The first-order valence-corrected chi connectivity index (χ1v) is 10.9. The van der Waals surface area contributed by atoms with Gasteiger partial charge in [0, 0.05) is 22.8 Å². The highest BCUT2D eigenvalue weighted by molar-refractivity contribution is 7.14. The Morgan fingerprint density at radius 3 is 2.56 bits per heavy atom. The van der Waals surface area contributed by atoms with Crippen LogP contribution in [0.25, 0.3) is 11.4 Å². The molecule has 2 heterocycles. The highest BCUT2D eigenvalue weighted by atomic mass is 32.1. The van der Waals surface area contributed by atoms with Gasteiger partial charge in [-0.3, -0.25) is 19.9 Å². The number of anilines is 2. The number of pyridine rings is 1. The normalized spacial score (nSPS) is 10.4. The van der Waals surface area contributed by atoms with Crippen molar-refractivity contribution in [3.63, 3.8) is 0 Å². The molecule has 4 aromatic rings. The second-order valence-corrected chi connectivity index (χ2v) is 7.77. The monoisotopic (exact) mass is 478 g/mol. The molecular formula is C24H19FN4O4S. The van der Waals surface area contributed by atoms with Gasteiger partial charge in [-0.25, -0.2) is 9.37 Å². The lowest BCUT2D eigenvalue weighted by Gasteiger charge is -2.12. The number of nitrogens with zero attached hydrogens (tertiary/aromatic N) is 2. The van der Waals surface area contributed by atoms with E-state index >= 15 is 0 Å². The summed E-state index contributed by atoms with van der Waals surface area (Å²) < 4.78 is 23.8. The Balaban J connectivity index is 1.37. The third-order valence-corrected chi connectivity index (χ3v) is 5.32. The summed E-state index contributed by atoms with van der Waals surface area (Å²) in [6, 6.07) is 15.5. The lowest BCUT2D eigenvalue weighted by Crippen LogP contribution is -2.20. The maximum atomic E-state index is 13.0. The van der Waals surface area contributed by atoms with E-state index in [-0.39, 0.29) is 18.3 Å². The quantitative estimate of drug-likeness (QED) is 0.383. The zero-order valence-electron chi connectivity index (χ0n) is 17.9. The fraction of sp³-hybridized carbons (Fsp3) is 0.0833. The van der Waals surface area contributed by atoms with Crippen LogP contribution in [-0.4, -0.2) is 35.5 Å². The Bertz CT molecular complexity index is 1300. The third-order valence-electron chi connectivity index (χ3n) is 4.56. The summed E-state index contributed by atoms with van der Waals surface area (Å²) in [6.45, 7) is -0.297. The standard InChI is InChI=1S/C24H19FN4O4S/c1-32-21-12-15(23(31)29-24-28-19(14-34-24)18-4-2-3-11-26-18)5-10-20(21)33-13-22(30)27-17-8-6-16(25)7-9-17/h2-12,14H,13H2,1H3,(H,27,30)(H,28,29,31). The molecule has 2 aromatic carbocycles. The van der Waals surface area contributed by atoms with E-state index in [0.29, 0.717) is 33.5 Å². The van der Waals surface area contributed by atoms with E-state index in [2.05, 4.69) is 20.6 Å². The number of methoxy groups -OCH3 is 1. The molecule has 0 aliphatic carbocycles. The molecule has 0 fully saturated rings. The number of benzene rings is 2. The molecule has 0 saturated heterocycles. The molecule has 10 heteroatoms. The number of carbonyl (C=O) groups excluding carboxylic acids is 2. The molecule has 4 rings (SSSR count). The van der Waals surface area contributed by atoms with Crippen molar-refractivity contribution in [3.8, 4) is 22.9 Å². The van der Waals surface area contributed by atoms with E-state index < -0.39 is 11.7 Å². The van der Waals surface area contributed by atoms with Crippen molar-refractivity contribution in [2.45, 2.75) is 0 Å². The van der Waals surface area contributed by atoms with E-state index in [0.717, 1.165) is 0 Å². The van der Waals surface area contributed by atoms with Gasteiger partial charge >= 0.3 is 0 Å². The van der Waals surface area contributed by atoms with Crippen molar-refractivity contribution < 1.29 is 23.5 Å². The lowest BCUT2D eigenvalue weighted by atomic mass is 10.2. The maximum absolute atomic E-state index is 13.0. The summed E-state index contributed by atoms with van der Waals surface area (Å²) in [5.41, 5.74) is 2.16. The van der Waals surface area contributed by atoms with E-state index in [9.17, 15) is 14.0 Å². The Hall–Kier alpha value is -4.31. The van der Waals surface area contributed by atoms with E-state index in [1.165, 1.54) is 48.8 Å². The number of hydrogen-bond acceptors (Lipinski definition) is 7. The Kier molecular flexibility index (Phi) is 7.09. The van der Waals surface area contributed by atoms with Crippen LogP contribution >= 0.6 is 11.3 Å². The smallest absolute Gasteiger partial charge is 0.262 e. The number of rotatable bonds is 8. The van der Waals surface area contributed by atoms with Gasteiger partial charge in [-0.2, -0.15) is 0 Å². The summed E-state index contributed by atoms with van der Waals surface area (Å²) in [4.78, 5) is 33.4. The summed E-state index contributed by atoms with van der Waals surface area (Å²) in [5.74, 6) is -0.620. The van der Waals surface area contributed by atoms with Crippen molar-refractivity contribution in [2.24, 2.45) is 0 Å². The molecular weight excluding hydrogens is 459 g/mol. The van der Waals surface area contributed by atoms with Gasteiger partial charge in [0.25, 0.3) is 11.8 Å². The van der Waals surface area contributed by atoms with Gasteiger partial charge < -0.3 is 14.8 Å². The average Bonchev–Trinajstić information content (AvgIpc) is 3.33. The summed E-state index contributed by atoms with van der Waals surface area (Å²) in [7, 11) is 1.43. The van der Waals surface area contributed by atoms with Gasteiger partial charge in [0.15, 0.2) is 23.2 Å². The van der Waals surface area contributed by atoms with Crippen LogP contribution in [0.5, 0.6) is 11.5 Å². The second-order valence-electron chi connectivity index (χ2n) is 6.92. The van der Waals surface area contributed by atoms with Gasteiger partial charge in [-0.1, -0.05) is 6.07 Å². The van der Waals surface area contributed by atoms with Crippen LogP contribution < -0.4 is 20.1 Å². The molecule has 0 atom stereocenters. The molecule has 8 nitrogen and oxygen atoms in total. The second kappa shape index (κ2) is 10.5. The van der Waals surface area contributed by atoms with Gasteiger partial charge in [0.2, 0.25) is 0 Å². The van der Waals surface area contributed by atoms with Gasteiger partial charge in [-0.05, 0) is 54.6 Å². The predicted octanol–water partition coefficient (Wildman–Crippen LogP) is 4.62. The fourth-order valence-electron chi connectivity index (χ4n) is 2.93. The van der Waals surface area contributed by atoms with Crippen LogP contribution in [0.1, 0.15) is 10.4 Å². The first-order valence-electron chi connectivity index (χ1n) is 10.1. The first kappa shape index (κ1) is 22.9. The molecule has 0 spiro atoms. The van der Waals surface area contributed by atoms with Crippen LogP contribution in [0.2, 0.25) is 0 Å². The average molecular weight is 479 g/mol. The van der Waals surface area contributed by atoms with Crippen molar-refractivity contribution >= 4 is 34.0 Å². The number of nitrogens with one attached hydrogen (secondary N) is 2. The molecule has 0 aliphatic heterocycles. The highest BCUT2D eigenvalue weighted by Gasteiger charge is 2.15. The zero-order valence-corrected chi connectivity index (χ0v) is 18.8. The minimum atomic E-state index is -0.428. The maximum Gasteiger partial charge on any atom is 0.262 e. The zero-order chi connectivity index (χ0) is 23.9. The van der Waals surface area contributed by atoms with E-state index in [1.807, 2.05) is 23.6 Å². The van der Waals surface area contributed by atoms with Crippen molar-refractivity contribution in [1.29, 1.82) is 0 Å². The number of carbonyl (C=O) groups is 2. The molecule has 2 amide bonds. The van der Waals surface area contributed by atoms with Crippen LogP contribution in [0.3, 0.4) is 0 Å². The fourth-order valence-corrected chi connectivity index (χ4v) is 3.63. The van der Waals surface area contributed by atoms with Crippen LogP contribution in [0.4, 0.5) is 15.2 Å². The molecule has 0 aliphatic rings. The van der Waals surface area contributed by atoms with Crippen LogP contribution in [-0.2, 0) is 4.79 Å². The van der Waals surface area contributed by atoms with Crippen molar-refractivity contribution in [1.82, 2.24) is 9.97 Å². The largest absolute Gasteiger partial charge is 0.493 e. The number of aromatic nitrogens is 2. The summed E-state index contributed by atoms with van der Waals surface area (Å²) in [6.07, 6.45) is 1.68. The summed E-state index contributed by atoms with van der Waals surface area (Å²) in [5, 5.41) is 7.60. The van der Waals surface area contributed by atoms with Crippen LogP contribution in [0, 0.1) is 5.82 Å². The number of ether oxygens (including phenoxy) is 2. The predicted molar refractivity (Wildman–Crippen MR) is 127 cm³/mol. The molecule has 0 unspecified atom stereocenters. The molecule has 172 valence electrons. The minimum Gasteiger partial charge on any atom is -0.493 e. The van der Waals surface area contributed by atoms with E-state index in [1.54, 1.807) is 18.3 Å². The topological polar surface area (TPSA) is 102 Å². The lowest BCUT2D eigenvalue weighted by molar-refractivity contribution is -0.118. The Morgan fingerprint density at radius 2 is 1.82 bits per heavy atom. The highest BCUT2D eigenvalue weighted by Crippen LogP contribution is 2.29. The molecule has 2 aromatic heterocycles.